The van der Waals surface area contributed by atoms with Gasteiger partial charge < -0.3 is 15.1 Å². The second-order valence-electron chi connectivity index (χ2n) is 7.07. The number of para-hydroxylation sites is 1. The fraction of sp³-hybridized carbons (Fsp3) is 0.333. The van der Waals surface area contributed by atoms with E-state index in [9.17, 15) is 0 Å². The number of nitrogens with one attached hydrogen (secondary N) is 1. The Kier molecular flexibility index (Phi) is 5.06. The summed E-state index contributed by atoms with van der Waals surface area (Å²) < 4.78 is 0. The van der Waals surface area contributed by atoms with Crippen LogP contribution >= 0.6 is 0 Å². The van der Waals surface area contributed by atoms with E-state index in [0.29, 0.717) is 0 Å². The van der Waals surface area contributed by atoms with Crippen LogP contribution in [0.15, 0.2) is 42.7 Å². The van der Waals surface area contributed by atoms with Gasteiger partial charge >= 0.3 is 0 Å². The van der Waals surface area contributed by atoms with Gasteiger partial charge in [-0.3, -0.25) is 0 Å². The SMILES string of the molecule is Cc1nc(Nc2c(C)cccc2C)cc(N2CCN(c3ncccn3)CC2)n1. The van der Waals surface area contributed by atoms with Crippen molar-refractivity contribution in [2.75, 3.05) is 41.3 Å². The van der Waals surface area contributed by atoms with Gasteiger partial charge in [0.1, 0.15) is 17.5 Å². The lowest BCUT2D eigenvalue weighted by atomic mass is 10.1. The van der Waals surface area contributed by atoms with Crippen LogP contribution in [-0.2, 0) is 0 Å². The molecule has 7 heteroatoms. The van der Waals surface area contributed by atoms with Crippen molar-refractivity contribution in [1.82, 2.24) is 19.9 Å². The molecule has 4 rings (SSSR count). The van der Waals surface area contributed by atoms with E-state index in [1.807, 2.05) is 19.1 Å². The molecule has 144 valence electrons. The zero-order valence-corrected chi connectivity index (χ0v) is 16.6. The maximum atomic E-state index is 4.67. The Morgan fingerprint density at radius 2 is 1.46 bits per heavy atom. The molecule has 28 heavy (non-hydrogen) atoms. The summed E-state index contributed by atoms with van der Waals surface area (Å²) in [7, 11) is 0. The highest BCUT2D eigenvalue weighted by Crippen LogP contribution is 2.26. The summed E-state index contributed by atoms with van der Waals surface area (Å²) in [6.45, 7) is 9.63. The lowest BCUT2D eigenvalue weighted by molar-refractivity contribution is 0.633. The van der Waals surface area contributed by atoms with Gasteiger partial charge in [-0.25, -0.2) is 19.9 Å². The summed E-state index contributed by atoms with van der Waals surface area (Å²) in [5.74, 6) is 3.34. The fourth-order valence-electron chi connectivity index (χ4n) is 3.51. The van der Waals surface area contributed by atoms with E-state index in [0.717, 1.165) is 55.3 Å². The molecule has 0 spiro atoms. The second kappa shape index (κ2) is 7.80. The molecule has 1 aromatic carbocycles. The van der Waals surface area contributed by atoms with Crippen molar-refractivity contribution in [2.24, 2.45) is 0 Å². The van der Waals surface area contributed by atoms with Crippen LogP contribution < -0.4 is 15.1 Å². The highest BCUT2D eigenvalue weighted by atomic mass is 15.3. The van der Waals surface area contributed by atoms with Crippen LogP contribution in [0.4, 0.5) is 23.3 Å². The van der Waals surface area contributed by atoms with E-state index in [2.05, 4.69) is 67.1 Å². The molecule has 1 fully saturated rings. The first kappa shape index (κ1) is 18.2. The normalized spacial score (nSPS) is 14.2. The molecule has 0 bridgehead atoms. The van der Waals surface area contributed by atoms with Crippen molar-refractivity contribution in [3.05, 3.63) is 59.7 Å². The third kappa shape index (κ3) is 3.88. The van der Waals surface area contributed by atoms with Crippen LogP contribution in [0.3, 0.4) is 0 Å². The molecule has 0 saturated carbocycles. The molecule has 7 nitrogen and oxygen atoms in total. The van der Waals surface area contributed by atoms with Crippen molar-refractivity contribution in [3.63, 3.8) is 0 Å². The van der Waals surface area contributed by atoms with Gasteiger partial charge in [-0.2, -0.15) is 0 Å². The largest absolute Gasteiger partial charge is 0.353 e. The Bertz CT molecular complexity index is 930. The number of nitrogens with zero attached hydrogens (tertiary/aromatic N) is 6. The monoisotopic (exact) mass is 375 g/mol. The lowest BCUT2D eigenvalue weighted by Gasteiger charge is -2.35. The number of hydrogen-bond donors (Lipinski definition) is 1. The van der Waals surface area contributed by atoms with E-state index in [4.69, 9.17) is 0 Å². The van der Waals surface area contributed by atoms with E-state index in [1.54, 1.807) is 12.4 Å². The predicted molar refractivity (Wildman–Crippen MR) is 112 cm³/mol. The fourth-order valence-corrected chi connectivity index (χ4v) is 3.51. The third-order valence-corrected chi connectivity index (χ3v) is 5.00. The Morgan fingerprint density at radius 3 is 2.14 bits per heavy atom. The van der Waals surface area contributed by atoms with Crippen LogP contribution in [0.1, 0.15) is 17.0 Å². The summed E-state index contributed by atoms with van der Waals surface area (Å²) in [4.78, 5) is 22.5. The lowest BCUT2D eigenvalue weighted by Crippen LogP contribution is -2.47. The molecule has 1 aliphatic heterocycles. The van der Waals surface area contributed by atoms with Gasteiger partial charge in [0.2, 0.25) is 5.95 Å². The minimum absolute atomic E-state index is 0.764. The number of piperazine rings is 1. The zero-order valence-electron chi connectivity index (χ0n) is 16.6. The van der Waals surface area contributed by atoms with E-state index in [-0.39, 0.29) is 0 Å². The van der Waals surface area contributed by atoms with Gasteiger partial charge in [0.05, 0.1) is 0 Å². The molecule has 0 radical (unpaired) electrons. The number of anilines is 4. The average Bonchev–Trinajstić information content (AvgIpc) is 2.71. The minimum Gasteiger partial charge on any atom is -0.353 e. The molecule has 1 saturated heterocycles. The van der Waals surface area contributed by atoms with Crippen LogP contribution in [0.25, 0.3) is 0 Å². The molecule has 2 aromatic heterocycles. The quantitative estimate of drug-likeness (QED) is 0.750. The van der Waals surface area contributed by atoms with E-state index < -0.39 is 0 Å². The summed E-state index contributed by atoms with van der Waals surface area (Å²) >= 11 is 0. The summed E-state index contributed by atoms with van der Waals surface area (Å²) in [5, 5.41) is 3.49. The molecule has 3 aromatic rings. The average molecular weight is 375 g/mol. The van der Waals surface area contributed by atoms with Crippen molar-refractivity contribution in [2.45, 2.75) is 20.8 Å². The van der Waals surface area contributed by atoms with Gasteiger partial charge in [0, 0.05) is 50.3 Å². The Balaban J connectivity index is 1.50. The van der Waals surface area contributed by atoms with Crippen LogP contribution in [-0.4, -0.2) is 46.1 Å². The third-order valence-electron chi connectivity index (χ3n) is 5.00. The Hall–Kier alpha value is -3.22. The van der Waals surface area contributed by atoms with Gasteiger partial charge in [-0.15, -0.1) is 0 Å². The van der Waals surface area contributed by atoms with Crippen molar-refractivity contribution in [1.29, 1.82) is 0 Å². The van der Waals surface area contributed by atoms with Gasteiger partial charge in [0.25, 0.3) is 0 Å². The number of aryl methyl sites for hydroxylation is 3. The first-order chi connectivity index (χ1) is 13.6. The number of rotatable bonds is 4. The topological polar surface area (TPSA) is 70.1 Å². The maximum absolute atomic E-state index is 4.67. The standard InChI is InChI=1S/C21H25N7/c1-15-6-4-7-16(2)20(15)26-18-14-19(25-17(3)24-18)27-10-12-28(13-11-27)21-22-8-5-9-23-21/h4-9,14H,10-13H2,1-3H3,(H,24,25,26). The first-order valence-corrected chi connectivity index (χ1v) is 9.56. The highest BCUT2D eigenvalue weighted by Gasteiger charge is 2.20. The van der Waals surface area contributed by atoms with Gasteiger partial charge in [-0.05, 0) is 38.0 Å². The molecule has 3 heterocycles. The minimum atomic E-state index is 0.764. The summed E-state index contributed by atoms with van der Waals surface area (Å²) in [5.41, 5.74) is 3.51. The van der Waals surface area contributed by atoms with Crippen molar-refractivity contribution < 1.29 is 0 Å². The highest BCUT2D eigenvalue weighted by molar-refractivity contribution is 5.66. The molecule has 0 atom stereocenters. The van der Waals surface area contributed by atoms with Gasteiger partial charge in [0.15, 0.2) is 0 Å². The molecule has 1 aliphatic rings. The maximum Gasteiger partial charge on any atom is 0.225 e. The van der Waals surface area contributed by atoms with E-state index >= 15 is 0 Å². The molecular weight excluding hydrogens is 350 g/mol. The number of benzene rings is 1. The summed E-state index contributed by atoms with van der Waals surface area (Å²) in [6, 6.07) is 10.2. The molecule has 0 amide bonds. The molecule has 1 N–H and O–H groups in total. The number of aromatic nitrogens is 4. The molecule has 0 unspecified atom stereocenters. The van der Waals surface area contributed by atoms with Crippen LogP contribution in [0.2, 0.25) is 0 Å². The molecule has 0 aliphatic carbocycles. The second-order valence-corrected chi connectivity index (χ2v) is 7.07. The van der Waals surface area contributed by atoms with E-state index in [1.165, 1.54) is 11.1 Å². The first-order valence-electron chi connectivity index (χ1n) is 9.56. The Labute approximate surface area is 165 Å². The number of hydrogen-bond acceptors (Lipinski definition) is 7. The van der Waals surface area contributed by atoms with Crippen molar-refractivity contribution >= 4 is 23.3 Å². The molecular formula is C21H25N7. The Morgan fingerprint density at radius 1 is 0.821 bits per heavy atom. The smallest absolute Gasteiger partial charge is 0.225 e. The van der Waals surface area contributed by atoms with Crippen LogP contribution in [0.5, 0.6) is 0 Å². The van der Waals surface area contributed by atoms with Gasteiger partial charge in [-0.1, -0.05) is 18.2 Å². The van der Waals surface area contributed by atoms with Crippen molar-refractivity contribution in [3.8, 4) is 0 Å². The predicted octanol–water partition coefficient (Wildman–Crippen LogP) is 3.26. The zero-order chi connectivity index (χ0) is 19.5. The summed E-state index contributed by atoms with van der Waals surface area (Å²) in [6.07, 6.45) is 3.57. The van der Waals surface area contributed by atoms with Crippen LogP contribution in [0, 0.1) is 20.8 Å².